The van der Waals surface area contributed by atoms with E-state index in [4.69, 9.17) is 0 Å². The van der Waals surface area contributed by atoms with Gasteiger partial charge in [0.25, 0.3) is 5.91 Å². The molecule has 0 aliphatic carbocycles. The summed E-state index contributed by atoms with van der Waals surface area (Å²) in [4.78, 5) is 22.8. The number of carbonyl (C=O) groups is 1. The number of aryl methyl sites for hydroxylation is 3. The van der Waals surface area contributed by atoms with E-state index in [-0.39, 0.29) is 5.56 Å². The molecule has 2 aromatic carbocycles. The Labute approximate surface area is 188 Å². The maximum atomic E-state index is 13.3. The molecule has 31 heavy (non-hydrogen) atoms. The standard InChI is InChI=1S/C24H20FN3OS2/c1-14-4-6-18(7-5-14)31-19-10-15(2)22(16(3)11-19)20-13-30-24(27-20)28-23(29)17-8-9-26-21(25)12-17/h4-13H,1-3H3,(H,27,28,29). The summed E-state index contributed by atoms with van der Waals surface area (Å²) in [5.41, 5.74) is 5.55. The number of pyridine rings is 1. The summed E-state index contributed by atoms with van der Waals surface area (Å²) in [5, 5.41) is 5.12. The molecule has 0 radical (unpaired) electrons. The average Bonchev–Trinajstić information content (AvgIpc) is 3.17. The number of rotatable bonds is 5. The SMILES string of the molecule is Cc1ccc(Sc2cc(C)c(-c3csc(NC(=O)c4ccnc(F)c4)n3)c(C)c2)cc1. The number of amides is 1. The fourth-order valence-electron chi connectivity index (χ4n) is 3.29. The number of benzene rings is 2. The van der Waals surface area contributed by atoms with Crippen molar-refractivity contribution < 1.29 is 9.18 Å². The highest BCUT2D eigenvalue weighted by Gasteiger charge is 2.14. The van der Waals surface area contributed by atoms with Crippen LogP contribution in [0.1, 0.15) is 27.0 Å². The maximum Gasteiger partial charge on any atom is 0.257 e. The van der Waals surface area contributed by atoms with Gasteiger partial charge in [0, 0.05) is 38.6 Å². The van der Waals surface area contributed by atoms with Crippen molar-refractivity contribution in [1.29, 1.82) is 0 Å². The van der Waals surface area contributed by atoms with Gasteiger partial charge in [-0.15, -0.1) is 11.3 Å². The number of nitrogens with zero attached hydrogens (tertiary/aromatic N) is 2. The topological polar surface area (TPSA) is 54.9 Å². The van der Waals surface area contributed by atoms with Crippen molar-refractivity contribution in [2.75, 3.05) is 5.32 Å². The van der Waals surface area contributed by atoms with E-state index in [0.29, 0.717) is 5.13 Å². The number of hydrogen-bond acceptors (Lipinski definition) is 5. The molecule has 156 valence electrons. The Hall–Kier alpha value is -3.03. The van der Waals surface area contributed by atoms with E-state index in [0.717, 1.165) is 28.5 Å². The molecule has 0 aliphatic heterocycles. The molecule has 4 nitrogen and oxygen atoms in total. The van der Waals surface area contributed by atoms with Crippen LogP contribution in [0.4, 0.5) is 9.52 Å². The molecule has 4 aromatic rings. The molecular weight excluding hydrogens is 429 g/mol. The summed E-state index contributed by atoms with van der Waals surface area (Å²) in [5.74, 6) is -1.11. The lowest BCUT2D eigenvalue weighted by molar-refractivity contribution is 0.102. The Kier molecular flexibility index (Phi) is 6.15. The second kappa shape index (κ2) is 8.99. The average molecular weight is 450 g/mol. The molecular formula is C24H20FN3OS2. The molecule has 0 saturated heterocycles. The molecule has 4 rings (SSSR count). The molecule has 0 spiro atoms. The van der Waals surface area contributed by atoms with Gasteiger partial charge in [-0.1, -0.05) is 29.5 Å². The third-order valence-electron chi connectivity index (χ3n) is 4.73. The molecule has 0 bridgehead atoms. The van der Waals surface area contributed by atoms with Gasteiger partial charge in [-0.2, -0.15) is 4.39 Å². The van der Waals surface area contributed by atoms with Gasteiger partial charge in [0.15, 0.2) is 5.13 Å². The van der Waals surface area contributed by atoms with E-state index in [1.54, 1.807) is 11.8 Å². The van der Waals surface area contributed by atoms with Crippen LogP contribution in [0.3, 0.4) is 0 Å². The summed E-state index contributed by atoms with van der Waals surface area (Å²) in [6.07, 6.45) is 1.26. The summed E-state index contributed by atoms with van der Waals surface area (Å²) in [6, 6.07) is 15.4. The molecule has 7 heteroatoms. The molecule has 0 unspecified atom stereocenters. The molecule has 1 N–H and O–H groups in total. The van der Waals surface area contributed by atoms with E-state index < -0.39 is 11.9 Å². The molecule has 2 heterocycles. The number of aromatic nitrogens is 2. The molecule has 0 saturated carbocycles. The van der Waals surface area contributed by atoms with Gasteiger partial charge in [0.1, 0.15) is 0 Å². The Morgan fingerprint density at radius 2 is 1.71 bits per heavy atom. The van der Waals surface area contributed by atoms with E-state index in [9.17, 15) is 9.18 Å². The van der Waals surface area contributed by atoms with E-state index in [2.05, 4.69) is 72.5 Å². The zero-order valence-corrected chi connectivity index (χ0v) is 18.9. The molecule has 2 aromatic heterocycles. The number of anilines is 1. The third kappa shape index (κ3) is 5.00. The molecule has 1 amide bonds. The van der Waals surface area contributed by atoms with Crippen molar-refractivity contribution in [3.63, 3.8) is 0 Å². The highest BCUT2D eigenvalue weighted by Crippen LogP contribution is 2.36. The lowest BCUT2D eigenvalue weighted by atomic mass is 10.0. The van der Waals surface area contributed by atoms with Crippen LogP contribution in [-0.4, -0.2) is 15.9 Å². The smallest absolute Gasteiger partial charge is 0.257 e. The van der Waals surface area contributed by atoms with E-state index >= 15 is 0 Å². The molecule has 0 atom stereocenters. The summed E-state index contributed by atoms with van der Waals surface area (Å²) in [6.45, 7) is 6.22. The number of halogens is 1. The van der Waals surface area contributed by atoms with Crippen LogP contribution in [0.15, 0.2) is 69.9 Å². The minimum absolute atomic E-state index is 0.203. The first-order chi connectivity index (χ1) is 14.9. The molecule has 0 fully saturated rings. The zero-order valence-electron chi connectivity index (χ0n) is 17.3. The first-order valence-corrected chi connectivity index (χ1v) is 11.3. The van der Waals surface area contributed by atoms with Gasteiger partial charge in [-0.25, -0.2) is 9.97 Å². The van der Waals surface area contributed by atoms with Crippen LogP contribution >= 0.6 is 23.1 Å². The van der Waals surface area contributed by atoms with Crippen molar-refractivity contribution in [3.05, 3.63) is 88.3 Å². The number of nitrogens with one attached hydrogen (secondary N) is 1. The number of thiazole rings is 1. The van der Waals surface area contributed by atoms with Crippen LogP contribution in [0, 0.1) is 26.7 Å². The Morgan fingerprint density at radius 3 is 2.39 bits per heavy atom. The van der Waals surface area contributed by atoms with Crippen LogP contribution in [0.5, 0.6) is 0 Å². The van der Waals surface area contributed by atoms with Crippen LogP contribution in [-0.2, 0) is 0 Å². The Morgan fingerprint density at radius 1 is 1.00 bits per heavy atom. The van der Waals surface area contributed by atoms with E-state index in [1.165, 1.54) is 39.0 Å². The first kappa shape index (κ1) is 21.2. The van der Waals surface area contributed by atoms with Gasteiger partial charge in [0.2, 0.25) is 5.95 Å². The third-order valence-corrected chi connectivity index (χ3v) is 6.47. The monoisotopic (exact) mass is 449 g/mol. The fourth-order valence-corrected chi connectivity index (χ4v) is 5.00. The second-order valence-electron chi connectivity index (χ2n) is 7.21. The van der Waals surface area contributed by atoms with Crippen LogP contribution in [0.25, 0.3) is 11.3 Å². The van der Waals surface area contributed by atoms with Crippen molar-refractivity contribution in [1.82, 2.24) is 9.97 Å². The summed E-state index contributed by atoms with van der Waals surface area (Å²) < 4.78 is 13.3. The van der Waals surface area contributed by atoms with Gasteiger partial charge >= 0.3 is 0 Å². The summed E-state index contributed by atoms with van der Waals surface area (Å²) in [7, 11) is 0. The fraction of sp³-hybridized carbons (Fsp3) is 0.125. The highest BCUT2D eigenvalue weighted by molar-refractivity contribution is 7.99. The van der Waals surface area contributed by atoms with Gasteiger partial charge in [0.05, 0.1) is 5.69 Å². The lowest BCUT2D eigenvalue weighted by Crippen LogP contribution is -2.12. The summed E-state index contributed by atoms with van der Waals surface area (Å²) >= 11 is 3.07. The Bertz CT molecular complexity index is 1230. The van der Waals surface area contributed by atoms with Crippen molar-refractivity contribution in [3.8, 4) is 11.3 Å². The highest BCUT2D eigenvalue weighted by atomic mass is 32.2. The number of carbonyl (C=O) groups excluding carboxylic acids is 1. The lowest BCUT2D eigenvalue weighted by Gasteiger charge is -2.11. The van der Waals surface area contributed by atoms with Crippen LogP contribution < -0.4 is 5.32 Å². The molecule has 0 aliphatic rings. The van der Waals surface area contributed by atoms with Gasteiger partial charge in [-0.05, 0) is 62.2 Å². The predicted octanol–water partition coefficient (Wildman–Crippen LogP) is 6.67. The van der Waals surface area contributed by atoms with Gasteiger partial charge in [-0.3, -0.25) is 10.1 Å². The maximum absolute atomic E-state index is 13.3. The van der Waals surface area contributed by atoms with Crippen molar-refractivity contribution >= 4 is 34.1 Å². The first-order valence-electron chi connectivity index (χ1n) is 9.63. The Balaban J connectivity index is 1.54. The van der Waals surface area contributed by atoms with E-state index in [1.807, 2.05) is 5.38 Å². The number of hydrogen-bond donors (Lipinski definition) is 1. The zero-order chi connectivity index (χ0) is 22.0. The van der Waals surface area contributed by atoms with Crippen molar-refractivity contribution in [2.45, 2.75) is 30.6 Å². The normalized spacial score (nSPS) is 10.8. The minimum atomic E-state index is -0.692. The second-order valence-corrected chi connectivity index (χ2v) is 9.21. The minimum Gasteiger partial charge on any atom is -0.298 e. The quantitative estimate of drug-likeness (QED) is 0.346. The van der Waals surface area contributed by atoms with Crippen LogP contribution in [0.2, 0.25) is 0 Å². The van der Waals surface area contributed by atoms with Crippen molar-refractivity contribution in [2.24, 2.45) is 0 Å². The largest absolute Gasteiger partial charge is 0.298 e. The van der Waals surface area contributed by atoms with Gasteiger partial charge < -0.3 is 0 Å². The predicted molar refractivity (Wildman–Crippen MR) is 124 cm³/mol.